The standard InChI is InChI=1S/C12H22N2O2/c1-4-10-13-12(3,5-2)11(15)14(10)9-6-7-16-8-9/h9-10,13H,4-8H2,1-3H3. The van der Waals surface area contributed by atoms with Gasteiger partial charge in [-0.3, -0.25) is 10.1 Å². The predicted octanol–water partition coefficient (Wildman–Crippen LogP) is 1.11. The zero-order valence-electron chi connectivity index (χ0n) is 10.5. The molecule has 0 radical (unpaired) electrons. The minimum atomic E-state index is -0.372. The van der Waals surface area contributed by atoms with E-state index in [0.717, 1.165) is 25.9 Å². The molecule has 0 spiro atoms. The summed E-state index contributed by atoms with van der Waals surface area (Å²) in [5.41, 5.74) is -0.372. The summed E-state index contributed by atoms with van der Waals surface area (Å²) < 4.78 is 5.39. The monoisotopic (exact) mass is 226 g/mol. The van der Waals surface area contributed by atoms with E-state index in [-0.39, 0.29) is 23.7 Å². The molecule has 0 aromatic heterocycles. The van der Waals surface area contributed by atoms with Gasteiger partial charge in [-0.1, -0.05) is 13.8 Å². The summed E-state index contributed by atoms with van der Waals surface area (Å²) in [5, 5.41) is 3.46. The summed E-state index contributed by atoms with van der Waals surface area (Å²) in [5.74, 6) is 0.248. The topological polar surface area (TPSA) is 41.6 Å². The minimum absolute atomic E-state index is 0.184. The van der Waals surface area contributed by atoms with Crippen molar-refractivity contribution in [3.05, 3.63) is 0 Å². The number of carbonyl (C=O) groups is 1. The summed E-state index contributed by atoms with van der Waals surface area (Å²) in [4.78, 5) is 14.4. The second kappa shape index (κ2) is 4.34. The Morgan fingerprint density at radius 3 is 2.81 bits per heavy atom. The maximum atomic E-state index is 12.4. The van der Waals surface area contributed by atoms with E-state index in [0.29, 0.717) is 6.61 Å². The number of hydrogen-bond donors (Lipinski definition) is 1. The Hall–Kier alpha value is -0.610. The van der Waals surface area contributed by atoms with Gasteiger partial charge in [0.2, 0.25) is 5.91 Å². The quantitative estimate of drug-likeness (QED) is 0.784. The van der Waals surface area contributed by atoms with E-state index in [1.54, 1.807) is 0 Å². The molecule has 0 aliphatic carbocycles. The first-order valence-electron chi connectivity index (χ1n) is 6.30. The fourth-order valence-electron chi connectivity index (χ4n) is 2.64. The fourth-order valence-corrected chi connectivity index (χ4v) is 2.64. The Morgan fingerprint density at radius 1 is 1.56 bits per heavy atom. The average molecular weight is 226 g/mol. The number of carbonyl (C=O) groups excluding carboxylic acids is 1. The number of ether oxygens (including phenoxy) is 1. The largest absolute Gasteiger partial charge is 0.379 e. The maximum absolute atomic E-state index is 12.4. The number of nitrogens with one attached hydrogen (secondary N) is 1. The summed E-state index contributed by atoms with van der Waals surface area (Å²) in [6.07, 6.45) is 2.96. The normalized spacial score (nSPS) is 39.7. The SMILES string of the molecule is CCC1NC(C)(CC)C(=O)N1C1CCOC1. The van der Waals surface area contributed by atoms with Gasteiger partial charge in [-0.25, -0.2) is 0 Å². The van der Waals surface area contributed by atoms with Crippen LogP contribution in [0, 0.1) is 0 Å². The average Bonchev–Trinajstić information content (AvgIpc) is 2.87. The molecular weight excluding hydrogens is 204 g/mol. The van der Waals surface area contributed by atoms with Crippen LogP contribution in [0.4, 0.5) is 0 Å². The Bertz CT molecular complexity index is 276. The zero-order chi connectivity index (χ0) is 11.8. The van der Waals surface area contributed by atoms with Gasteiger partial charge in [-0.15, -0.1) is 0 Å². The van der Waals surface area contributed by atoms with Crippen LogP contribution in [0.25, 0.3) is 0 Å². The molecule has 3 unspecified atom stereocenters. The lowest BCUT2D eigenvalue weighted by Gasteiger charge is -2.28. The van der Waals surface area contributed by atoms with Gasteiger partial charge >= 0.3 is 0 Å². The van der Waals surface area contributed by atoms with Crippen LogP contribution in [0.2, 0.25) is 0 Å². The molecule has 2 rings (SSSR count). The highest BCUT2D eigenvalue weighted by Crippen LogP contribution is 2.29. The van der Waals surface area contributed by atoms with E-state index in [9.17, 15) is 4.79 Å². The third kappa shape index (κ3) is 1.74. The molecule has 0 saturated carbocycles. The van der Waals surface area contributed by atoms with Gasteiger partial charge < -0.3 is 9.64 Å². The molecule has 2 fully saturated rings. The zero-order valence-corrected chi connectivity index (χ0v) is 10.5. The van der Waals surface area contributed by atoms with Crippen molar-refractivity contribution < 1.29 is 9.53 Å². The lowest BCUT2D eigenvalue weighted by Crippen LogP contribution is -2.45. The van der Waals surface area contributed by atoms with Crippen molar-refractivity contribution in [2.75, 3.05) is 13.2 Å². The number of rotatable bonds is 3. The molecule has 2 saturated heterocycles. The molecule has 2 aliphatic rings. The Kier molecular flexibility index (Phi) is 3.22. The van der Waals surface area contributed by atoms with Gasteiger partial charge in [0.15, 0.2) is 0 Å². The first-order valence-corrected chi connectivity index (χ1v) is 6.30. The third-order valence-corrected chi connectivity index (χ3v) is 3.92. The van der Waals surface area contributed by atoms with Crippen molar-refractivity contribution in [1.82, 2.24) is 10.2 Å². The van der Waals surface area contributed by atoms with Crippen LogP contribution in [-0.4, -0.2) is 41.8 Å². The number of hydrogen-bond acceptors (Lipinski definition) is 3. The minimum Gasteiger partial charge on any atom is -0.379 e. The summed E-state index contributed by atoms with van der Waals surface area (Å²) in [6.45, 7) is 7.67. The number of nitrogens with zero attached hydrogens (tertiary/aromatic N) is 1. The molecule has 92 valence electrons. The first kappa shape index (κ1) is 11.9. The first-order chi connectivity index (χ1) is 7.62. The van der Waals surface area contributed by atoms with Crippen LogP contribution in [-0.2, 0) is 9.53 Å². The molecule has 1 amide bonds. The summed E-state index contributed by atoms with van der Waals surface area (Å²) in [6, 6.07) is 0.276. The molecular formula is C12H22N2O2. The summed E-state index contributed by atoms with van der Waals surface area (Å²) in [7, 11) is 0. The van der Waals surface area contributed by atoms with Crippen LogP contribution in [0.3, 0.4) is 0 Å². The van der Waals surface area contributed by atoms with Gasteiger partial charge in [0.1, 0.15) is 0 Å². The molecule has 0 aromatic carbocycles. The van der Waals surface area contributed by atoms with Crippen LogP contribution in [0.5, 0.6) is 0 Å². The van der Waals surface area contributed by atoms with Gasteiger partial charge in [-0.2, -0.15) is 0 Å². The fraction of sp³-hybridized carbons (Fsp3) is 0.917. The van der Waals surface area contributed by atoms with Gasteiger partial charge in [0.05, 0.1) is 24.4 Å². The maximum Gasteiger partial charge on any atom is 0.244 e. The third-order valence-electron chi connectivity index (χ3n) is 3.92. The van der Waals surface area contributed by atoms with E-state index in [4.69, 9.17) is 4.74 Å². The highest BCUT2D eigenvalue weighted by Gasteiger charge is 2.48. The Labute approximate surface area is 97.3 Å². The van der Waals surface area contributed by atoms with Crippen LogP contribution in [0.1, 0.15) is 40.0 Å². The van der Waals surface area contributed by atoms with Crippen molar-refractivity contribution >= 4 is 5.91 Å². The molecule has 2 heterocycles. The van der Waals surface area contributed by atoms with Crippen molar-refractivity contribution in [2.45, 2.75) is 57.8 Å². The summed E-state index contributed by atoms with van der Waals surface area (Å²) >= 11 is 0. The van der Waals surface area contributed by atoms with E-state index < -0.39 is 0 Å². The molecule has 4 nitrogen and oxygen atoms in total. The van der Waals surface area contributed by atoms with Crippen LogP contribution < -0.4 is 5.32 Å². The molecule has 0 bridgehead atoms. The highest BCUT2D eigenvalue weighted by molar-refractivity contribution is 5.88. The number of amides is 1. The molecule has 4 heteroatoms. The Morgan fingerprint density at radius 2 is 2.31 bits per heavy atom. The van der Waals surface area contributed by atoms with Gasteiger partial charge in [-0.05, 0) is 26.2 Å². The van der Waals surface area contributed by atoms with Crippen LogP contribution in [0.15, 0.2) is 0 Å². The molecule has 2 aliphatic heterocycles. The van der Waals surface area contributed by atoms with Crippen molar-refractivity contribution in [3.8, 4) is 0 Å². The van der Waals surface area contributed by atoms with Crippen molar-refractivity contribution in [3.63, 3.8) is 0 Å². The molecule has 16 heavy (non-hydrogen) atoms. The Balaban J connectivity index is 2.18. The van der Waals surface area contributed by atoms with Gasteiger partial charge in [0.25, 0.3) is 0 Å². The van der Waals surface area contributed by atoms with Crippen molar-refractivity contribution in [2.24, 2.45) is 0 Å². The van der Waals surface area contributed by atoms with E-state index in [1.807, 2.05) is 11.8 Å². The molecule has 0 aromatic rings. The molecule has 3 atom stereocenters. The predicted molar refractivity (Wildman–Crippen MR) is 62.0 cm³/mol. The second-order valence-electron chi connectivity index (χ2n) is 4.98. The van der Waals surface area contributed by atoms with Crippen LogP contribution >= 0.6 is 0 Å². The van der Waals surface area contributed by atoms with Gasteiger partial charge in [0, 0.05) is 6.61 Å². The van der Waals surface area contributed by atoms with E-state index in [1.165, 1.54) is 0 Å². The second-order valence-corrected chi connectivity index (χ2v) is 4.98. The molecule has 1 N–H and O–H groups in total. The van der Waals surface area contributed by atoms with Crippen molar-refractivity contribution in [1.29, 1.82) is 0 Å². The van der Waals surface area contributed by atoms with E-state index >= 15 is 0 Å². The van der Waals surface area contributed by atoms with E-state index in [2.05, 4.69) is 19.2 Å². The lowest BCUT2D eigenvalue weighted by atomic mass is 9.99. The lowest BCUT2D eigenvalue weighted by molar-refractivity contribution is -0.135. The highest BCUT2D eigenvalue weighted by atomic mass is 16.5. The smallest absolute Gasteiger partial charge is 0.244 e.